The summed E-state index contributed by atoms with van der Waals surface area (Å²) in [4.78, 5) is 1.13. The van der Waals surface area contributed by atoms with Gasteiger partial charge in [-0.2, -0.15) is 0 Å². The van der Waals surface area contributed by atoms with Crippen molar-refractivity contribution in [2.75, 3.05) is 0 Å². The van der Waals surface area contributed by atoms with Crippen LogP contribution in [0.4, 0.5) is 0 Å². The topological polar surface area (TPSA) is 0 Å². The normalized spacial score (nSPS) is 9.17. The fourth-order valence-corrected chi connectivity index (χ4v) is 1.36. The maximum Gasteiger partial charge on any atom is 1.00 e. The van der Waals surface area contributed by atoms with E-state index in [1.807, 2.05) is 12.1 Å². The van der Waals surface area contributed by atoms with E-state index in [9.17, 15) is 0 Å². The molecule has 12 heavy (non-hydrogen) atoms. The Morgan fingerprint density at radius 2 is 2.00 bits per heavy atom. The Balaban J connectivity index is 0. The zero-order valence-corrected chi connectivity index (χ0v) is 10.8. The zero-order valence-electron chi connectivity index (χ0n) is 8.88. The Bertz CT molecular complexity index is 228. The molecule has 0 spiro atoms. The number of unbranched alkanes of at least 4 members (excludes halogenated alkanes) is 1. The van der Waals surface area contributed by atoms with Crippen molar-refractivity contribution in [3.05, 3.63) is 29.8 Å². The minimum Gasteiger partial charge on any atom is -1.00 e. The molecule has 0 radical (unpaired) electrons. The van der Waals surface area contributed by atoms with Gasteiger partial charge < -0.3 is 1.43 Å². The summed E-state index contributed by atoms with van der Waals surface area (Å²) >= 11 is 4.37. The van der Waals surface area contributed by atoms with Crippen LogP contribution in [0.2, 0.25) is 0 Å². The van der Waals surface area contributed by atoms with Crippen LogP contribution in [0.15, 0.2) is 29.2 Å². The molecule has 0 aliphatic rings. The van der Waals surface area contributed by atoms with Crippen molar-refractivity contribution in [2.45, 2.75) is 31.1 Å². The molecular weight excluding hydrogens is 175 g/mol. The second-order valence-corrected chi connectivity index (χ2v) is 3.21. The minimum atomic E-state index is 0. The Kier molecular flexibility index (Phi) is 7.35. The van der Waals surface area contributed by atoms with Gasteiger partial charge in [-0.25, -0.2) is 0 Å². The van der Waals surface area contributed by atoms with E-state index >= 15 is 0 Å². The van der Waals surface area contributed by atoms with Gasteiger partial charge in [-0.1, -0.05) is 31.5 Å². The van der Waals surface area contributed by atoms with Gasteiger partial charge in [0.2, 0.25) is 0 Å². The first-order chi connectivity index (χ1) is 5.34. The fraction of sp³-hybridized carbons (Fsp3) is 0.400. The first-order valence-corrected chi connectivity index (χ1v) is 4.56. The molecule has 0 bridgehead atoms. The summed E-state index contributed by atoms with van der Waals surface area (Å²) < 4.78 is 0. The van der Waals surface area contributed by atoms with Crippen molar-refractivity contribution < 1.29 is 31.0 Å². The van der Waals surface area contributed by atoms with Crippen molar-refractivity contribution >= 4 is 12.6 Å². The van der Waals surface area contributed by atoms with Crippen LogP contribution < -0.4 is 29.6 Å². The van der Waals surface area contributed by atoms with Crippen molar-refractivity contribution in [3.8, 4) is 0 Å². The van der Waals surface area contributed by atoms with Gasteiger partial charge in [0.15, 0.2) is 0 Å². The zero-order chi connectivity index (χ0) is 8.10. The third-order valence-electron chi connectivity index (χ3n) is 1.79. The van der Waals surface area contributed by atoms with Crippen molar-refractivity contribution in [2.24, 2.45) is 0 Å². The first kappa shape index (κ1) is 12.6. The monoisotopic (exact) mass is 190 g/mol. The Hall–Kier alpha value is 0.570. The van der Waals surface area contributed by atoms with Gasteiger partial charge in [-0.15, -0.1) is 12.6 Å². The molecule has 0 N–H and O–H groups in total. The van der Waals surface area contributed by atoms with Crippen LogP contribution in [0.5, 0.6) is 0 Å². The van der Waals surface area contributed by atoms with Crippen molar-refractivity contribution in [1.29, 1.82) is 0 Å². The van der Waals surface area contributed by atoms with Crippen LogP contribution in [0.25, 0.3) is 0 Å². The Labute approximate surface area is 104 Å². The number of benzene rings is 1. The maximum atomic E-state index is 4.37. The number of hydrogen-bond donors (Lipinski definition) is 1. The van der Waals surface area contributed by atoms with Crippen LogP contribution >= 0.6 is 12.6 Å². The number of thiol groups is 1. The molecule has 0 atom stereocenters. The second-order valence-electron chi connectivity index (χ2n) is 2.73. The molecule has 0 nitrogen and oxygen atoms in total. The van der Waals surface area contributed by atoms with Crippen molar-refractivity contribution in [3.63, 3.8) is 0 Å². The largest absolute Gasteiger partial charge is 1.00 e. The summed E-state index contributed by atoms with van der Waals surface area (Å²) in [5, 5.41) is 0. The van der Waals surface area contributed by atoms with Gasteiger partial charge in [0.1, 0.15) is 0 Å². The maximum absolute atomic E-state index is 4.37. The van der Waals surface area contributed by atoms with Gasteiger partial charge in [0.05, 0.1) is 0 Å². The van der Waals surface area contributed by atoms with E-state index in [1.54, 1.807) is 0 Å². The predicted octanol–water partition coefficient (Wildman–Crippen LogP) is 0.434. The van der Waals surface area contributed by atoms with E-state index in [4.69, 9.17) is 0 Å². The number of aryl methyl sites for hydroxylation is 1. The summed E-state index contributed by atoms with van der Waals surface area (Å²) in [6.45, 7) is 2.21. The molecule has 0 aromatic heterocycles. The molecule has 0 aliphatic carbocycles. The van der Waals surface area contributed by atoms with Gasteiger partial charge in [0, 0.05) is 4.90 Å². The van der Waals surface area contributed by atoms with Crippen LogP contribution in [0.3, 0.4) is 0 Å². The molecule has 0 unspecified atom stereocenters. The molecule has 0 saturated carbocycles. The molecule has 0 amide bonds. The van der Waals surface area contributed by atoms with E-state index in [0.717, 1.165) is 11.3 Å². The molecule has 1 aromatic carbocycles. The quantitative estimate of drug-likeness (QED) is 0.519. The van der Waals surface area contributed by atoms with E-state index < -0.39 is 0 Å². The van der Waals surface area contributed by atoms with Gasteiger partial charge in [0.25, 0.3) is 0 Å². The van der Waals surface area contributed by atoms with Crippen molar-refractivity contribution in [1.82, 2.24) is 0 Å². The molecule has 62 valence electrons. The average molecular weight is 190 g/mol. The molecule has 1 rings (SSSR count). The van der Waals surface area contributed by atoms with Gasteiger partial charge in [-0.3, -0.25) is 0 Å². The second kappa shape index (κ2) is 7.02. The standard InChI is InChI=1S/C10H14S.Na.H/c1-2-3-6-9-7-4-5-8-10(9)11;;/h4-5,7-8,11H,2-3,6H2,1H3;;/q;+1;-1. The Morgan fingerprint density at radius 1 is 1.33 bits per heavy atom. The van der Waals surface area contributed by atoms with E-state index in [0.29, 0.717) is 0 Å². The van der Waals surface area contributed by atoms with Gasteiger partial charge >= 0.3 is 29.6 Å². The Morgan fingerprint density at radius 3 is 2.58 bits per heavy atom. The molecular formula is C10H15NaS. The van der Waals surface area contributed by atoms with Crippen LogP contribution in [0.1, 0.15) is 26.8 Å². The molecule has 0 aliphatic heterocycles. The third kappa shape index (κ3) is 3.99. The third-order valence-corrected chi connectivity index (χ3v) is 2.23. The number of hydrogen-bond acceptors (Lipinski definition) is 1. The summed E-state index contributed by atoms with van der Waals surface area (Å²) in [5.41, 5.74) is 1.37. The molecule has 0 saturated heterocycles. The van der Waals surface area contributed by atoms with Gasteiger partial charge in [-0.05, 0) is 24.5 Å². The van der Waals surface area contributed by atoms with Crippen LogP contribution in [-0.2, 0) is 6.42 Å². The molecule has 0 heterocycles. The van der Waals surface area contributed by atoms with E-state index in [-0.39, 0.29) is 31.0 Å². The summed E-state index contributed by atoms with van der Waals surface area (Å²) in [5.74, 6) is 0. The number of rotatable bonds is 3. The molecule has 1 aromatic rings. The van der Waals surface area contributed by atoms with Crippen LogP contribution in [0, 0.1) is 0 Å². The SMILES string of the molecule is CCCCc1ccccc1S.[H-].[Na+]. The fourth-order valence-electron chi connectivity index (χ4n) is 1.09. The summed E-state index contributed by atoms with van der Waals surface area (Å²) in [7, 11) is 0. The molecule has 2 heteroatoms. The predicted molar refractivity (Wildman–Crippen MR) is 53.4 cm³/mol. The average Bonchev–Trinajstić information content (AvgIpc) is 2.03. The first-order valence-electron chi connectivity index (χ1n) is 4.11. The smallest absolute Gasteiger partial charge is 1.00 e. The summed E-state index contributed by atoms with van der Waals surface area (Å²) in [6, 6.07) is 8.30. The van der Waals surface area contributed by atoms with E-state index in [2.05, 4.69) is 31.7 Å². The van der Waals surface area contributed by atoms with E-state index in [1.165, 1.54) is 18.4 Å². The summed E-state index contributed by atoms with van der Waals surface area (Å²) in [6.07, 6.45) is 3.68. The molecule has 0 fully saturated rings. The minimum absolute atomic E-state index is 0. The van der Waals surface area contributed by atoms with Crippen LogP contribution in [-0.4, -0.2) is 0 Å².